The largest absolute Gasteiger partial charge is 0.469 e. The molecule has 0 N–H and O–H groups in total. The third-order valence-corrected chi connectivity index (χ3v) is 5.98. The van der Waals surface area contributed by atoms with Crippen LogP contribution in [0.2, 0.25) is 4.34 Å². The molecule has 2 rings (SSSR count). The minimum Gasteiger partial charge on any atom is -0.469 e. The van der Waals surface area contributed by atoms with Crippen LogP contribution in [0.1, 0.15) is 16.1 Å². The van der Waals surface area contributed by atoms with E-state index in [1.807, 2.05) is 0 Å². The van der Waals surface area contributed by atoms with Gasteiger partial charge in [0.05, 0.1) is 16.2 Å². The molecule has 0 saturated carbocycles. The van der Waals surface area contributed by atoms with E-state index in [9.17, 15) is 13.2 Å². The normalized spacial score (nSPS) is 11.5. The monoisotopic (exact) mass is 319 g/mol. The first-order chi connectivity index (χ1) is 8.84. The molecular weight excluding hydrogens is 310 g/mol. The standard InChI is InChI=1S/C11H10ClNO4S2/c1-7-8(5-6-17-7)11(14)13(2)19(15,16)10-4-3-9(12)18-10/h3-6H,1-2H3. The maximum Gasteiger partial charge on any atom is 0.276 e. The lowest BCUT2D eigenvalue weighted by molar-refractivity contribution is 0.0881. The van der Waals surface area contributed by atoms with E-state index in [0.29, 0.717) is 14.4 Å². The van der Waals surface area contributed by atoms with E-state index in [1.165, 1.54) is 31.5 Å². The summed E-state index contributed by atoms with van der Waals surface area (Å²) in [6, 6.07) is 4.28. The molecule has 0 radical (unpaired) electrons. The number of sulfonamides is 1. The molecule has 0 spiro atoms. The molecule has 0 aromatic carbocycles. The van der Waals surface area contributed by atoms with Gasteiger partial charge in [-0.05, 0) is 25.1 Å². The van der Waals surface area contributed by atoms with Gasteiger partial charge in [-0.1, -0.05) is 11.6 Å². The van der Waals surface area contributed by atoms with Crippen LogP contribution in [0.4, 0.5) is 0 Å². The molecule has 102 valence electrons. The summed E-state index contributed by atoms with van der Waals surface area (Å²) in [5, 5.41) is 0. The lowest BCUT2D eigenvalue weighted by Gasteiger charge is -2.15. The van der Waals surface area contributed by atoms with Gasteiger partial charge in [-0.25, -0.2) is 12.7 Å². The van der Waals surface area contributed by atoms with Crippen molar-refractivity contribution in [2.45, 2.75) is 11.1 Å². The van der Waals surface area contributed by atoms with E-state index < -0.39 is 15.9 Å². The Bertz CT molecular complexity index is 717. The number of carbonyl (C=O) groups is 1. The van der Waals surface area contributed by atoms with Crippen molar-refractivity contribution in [3.63, 3.8) is 0 Å². The fraction of sp³-hybridized carbons (Fsp3) is 0.182. The van der Waals surface area contributed by atoms with Crippen LogP contribution in [0.15, 0.2) is 33.1 Å². The number of hydrogen-bond acceptors (Lipinski definition) is 5. The van der Waals surface area contributed by atoms with Crippen molar-refractivity contribution in [3.05, 3.63) is 40.1 Å². The first-order valence-electron chi connectivity index (χ1n) is 5.16. The van der Waals surface area contributed by atoms with Gasteiger partial charge < -0.3 is 4.42 Å². The second kappa shape index (κ2) is 4.99. The van der Waals surface area contributed by atoms with Crippen molar-refractivity contribution in [2.75, 3.05) is 7.05 Å². The van der Waals surface area contributed by atoms with Gasteiger partial charge in [0, 0.05) is 7.05 Å². The molecule has 5 nitrogen and oxygen atoms in total. The van der Waals surface area contributed by atoms with Gasteiger partial charge in [0.25, 0.3) is 15.9 Å². The molecule has 2 aromatic heterocycles. The summed E-state index contributed by atoms with van der Waals surface area (Å²) in [5.41, 5.74) is 0.216. The lowest BCUT2D eigenvalue weighted by atomic mass is 10.2. The van der Waals surface area contributed by atoms with Gasteiger partial charge >= 0.3 is 0 Å². The third-order valence-electron chi connectivity index (χ3n) is 2.54. The highest BCUT2D eigenvalue weighted by Crippen LogP contribution is 2.28. The molecule has 0 saturated heterocycles. The number of nitrogens with zero attached hydrogens (tertiary/aromatic N) is 1. The summed E-state index contributed by atoms with van der Waals surface area (Å²) in [5.74, 6) is -0.271. The van der Waals surface area contributed by atoms with E-state index in [1.54, 1.807) is 6.92 Å². The van der Waals surface area contributed by atoms with Crippen LogP contribution >= 0.6 is 22.9 Å². The smallest absolute Gasteiger partial charge is 0.276 e. The van der Waals surface area contributed by atoms with E-state index >= 15 is 0 Å². The summed E-state index contributed by atoms with van der Waals surface area (Å²) in [6.07, 6.45) is 1.34. The Hall–Kier alpha value is -1.31. The minimum absolute atomic E-state index is 0.0227. The zero-order valence-electron chi connectivity index (χ0n) is 10.1. The highest BCUT2D eigenvalue weighted by molar-refractivity contribution is 7.91. The second-order valence-electron chi connectivity index (χ2n) is 3.73. The zero-order valence-corrected chi connectivity index (χ0v) is 12.5. The van der Waals surface area contributed by atoms with E-state index in [-0.39, 0.29) is 9.77 Å². The Kier molecular flexibility index (Phi) is 3.71. The second-order valence-corrected chi connectivity index (χ2v) is 7.64. The first kappa shape index (κ1) is 14.1. The van der Waals surface area contributed by atoms with E-state index in [2.05, 4.69) is 0 Å². The number of hydrogen-bond donors (Lipinski definition) is 0. The molecule has 8 heteroatoms. The number of rotatable bonds is 3. The molecule has 19 heavy (non-hydrogen) atoms. The van der Waals surface area contributed by atoms with Gasteiger partial charge in [-0.2, -0.15) is 0 Å². The number of halogens is 1. The molecule has 2 heterocycles. The third kappa shape index (κ3) is 2.54. The van der Waals surface area contributed by atoms with Gasteiger partial charge in [0.15, 0.2) is 0 Å². The zero-order chi connectivity index (χ0) is 14.2. The van der Waals surface area contributed by atoms with Gasteiger partial charge in [0.2, 0.25) is 0 Å². The Balaban J connectivity index is 2.37. The Labute approximate surface area is 119 Å². The van der Waals surface area contributed by atoms with Crippen LogP contribution in [-0.4, -0.2) is 25.7 Å². The van der Waals surface area contributed by atoms with Crippen LogP contribution in [0.25, 0.3) is 0 Å². The minimum atomic E-state index is -3.88. The SMILES string of the molecule is Cc1occc1C(=O)N(C)S(=O)(=O)c1ccc(Cl)s1. The molecule has 0 aliphatic carbocycles. The summed E-state index contributed by atoms with van der Waals surface area (Å²) in [7, 11) is -2.68. The predicted molar refractivity (Wildman–Crippen MR) is 72.1 cm³/mol. The Morgan fingerprint density at radius 3 is 2.53 bits per heavy atom. The average molecular weight is 320 g/mol. The molecule has 2 aromatic rings. The molecule has 0 fully saturated rings. The average Bonchev–Trinajstić information content (AvgIpc) is 2.96. The fourth-order valence-electron chi connectivity index (χ4n) is 1.46. The molecule has 0 bridgehead atoms. The molecule has 0 aliphatic heterocycles. The van der Waals surface area contributed by atoms with Crippen LogP contribution < -0.4 is 0 Å². The molecule has 0 atom stereocenters. The van der Waals surface area contributed by atoms with Crippen molar-refractivity contribution >= 4 is 38.9 Å². The molecule has 0 unspecified atom stereocenters. The van der Waals surface area contributed by atoms with Crippen molar-refractivity contribution in [2.24, 2.45) is 0 Å². The topological polar surface area (TPSA) is 67.6 Å². The van der Waals surface area contributed by atoms with Crippen LogP contribution in [0, 0.1) is 6.92 Å². The van der Waals surface area contributed by atoms with Gasteiger partial charge in [-0.3, -0.25) is 4.79 Å². The highest BCUT2D eigenvalue weighted by Gasteiger charge is 2.29. The summed E-state index contributed by atoms with van der Waals surface area (Å²) >= 11 is 6.61. The maximum atomic E-state index is 12.2. The quantitative estimate of drug-likeness (QED) is 0.872. The summed E-state index contributed by atoms with van der Waals surface area (Å²) < 4.78 is 30.5. The van der Waals surface area contributed by atoms with Gasteiger partial charge in [0.1, 0.15) is 9.97 Å². The van der Waals surface area contributed by atoms with Crippen molar-refractivity contribution < 1.29 is 17.6 Å². The van der Waals surface area contributed by atoms with Crippen LogP contribution in [-0.2, 0) is 10.0 Å². The number of amides is 1. The number of carbonyl (C=O) groups excluding carboxylic acids is 1. The first-order valence-corrected chi connectivity index (χ1v) is 7.80. The molecule has 1 amide bonds. The van der Waals surface area contributed by atoms with Crippen molar-refractivity contribution in [1.29, 1.82) is 0 Å². The number of aryl methyl sites for hydroxylation is 1. The Morgan fingerprint density at radius 1 is 1.37 bits per heavy atom. The van der Waals surface area contributed by atoms with Crippen molar-refractivity contribution in [1.82, 2.24) is 4.31 Å². The highest BCUT2D eigenvalue weighted by atomic mass is 35.5. The van der Waals surface area contributed by atoms with E-state index in [0.717, 1.165) is 11.3 Å². The molecule has 0 aliphatic rings. The maximum absolute atomic E-state index is 12.2. The van der Waals surface area contributed by atoms with Gasteiger partial charge in [-0.15, -0.1) is 11.3 Å². The summed E-state index contributed by atoms with van der Waals surface area (Å²) in [4.78, 5) is 12.1. The van der Waals surface area contributed by atoms with Crippen molar-refractivity contribution in [3.8, 4) is 0 Å². The molecular formula is C11H10ClNO4S2. The predicted octanol–water partition coefficient (Wildman–Crippen LogP) is 2.76. The Morgan fingerprint density at radius 2 is 2.05 bits per heavy atom. The number of furan rings is 1. The van der Waals surface area contributed by atoms with Crippen LogP contribution in [0.3, 0.4) is 0 Å². The summed E-state index contributed by atoms with van der Waals surface area (Å²) in [6.45, 7) is 1.59. The van der Waals surface area contributed by atoms with Crippen LogP contribution in [0.5, 0.6) is 0 Å². The van der Waals surface area contributed by atoms with E-state index in [4.69, 9.17) is 16.0 Å². The lowest BCUT2D eigenvalue weighted by Crippen LogP contribution is -2.32. The number of thiophene rings is 1. The fourth-order valence-corrected chi connectivity index (χ4v) is 4.22.